The molecule has 0 bridgehead atoms. The van der Waals surface area contributed by atoms with Crippen LogP contribution in [-0.2, 0) is 0 Å². The topological polar surface area (TPSA) is 44.1 Å². The molecule has 0 aromatic carbocycles. The van der Waals surface area contributed by atoms with Gasteiger partial charge in [-0.1, -0.05) is 6.92 Å². The first-order valence-electron chi connectivity index (χ1n) is 4.76. The lowest BCUT2D eigenvalue weighted by molar-refractivity contribution is 0.0972. The molecular weight excluding hydrogens is 180 g/mol. The Labute approximate surface area is 83.9 Å². The summed E-state index contributed by atoms with van der Waals surface area (Å²) in [5.41, 5.74) is 0.574. The smallest absolute Gasteiger partial charge is 0.184 e. The van der Waals surface area contributed by atoms with Gasteiger partial charge in [0.2, 0.25) is 0 Å². The fourth-order valence-corrected chi connectivity index (χ4v) is 1.32. The molecule has 0 aliphatic rings. The Kier molecular flexibility index (Phi) is 3.28. The fraction of sp³-hybridized carbons (Fsp3) is 0.600. The molecule has 0 atom stereocenters. The largest absolute Gasteiger partial charge is 0.493 e. The molecule has 1 rings (SSSR count). The average molecular weight is 196 g/mol. The molecule has 0 N–H and O–H groups in total. The van der Waals surface area contributed by atoms with E-state index < -0.39 is 0 Å². The van der Waals surface area contributed by atoms with E-state index in [2.05, 4.69) is 5.10 Å². The number of carbonyl (C=O) groups excluding carboxylic acids is 1. The Morgan fingerprint density at radius 1 is 1.64 bits per heavy atom. The first-order chi connectivity index (χ1) is 6.61. The Morgan fingerprint density at radius 3 is 2.71 bits per heavy atom. The second kappa shape index (κ2) is 4.26. The van der Waals surface area contributed by atoms with E-state index in [1.807, 2.05) is 20.8 Å². The number of ether oxygens (including phenoxy) is 1. The quantitative estimate of drug-likeness (QED) is 0.692. The number of hydrogen-bond donors (Lipinski definition) is 0. The highest BCUT2D eigenvalue weighted by Crippen LogP contribution is 2.22. The maximum Gasteiger partial charge on any atom is 0.184 e. The number of rotatable bonds is 4. The van der Waals surface area contributed by atoms with Crippen molar-refractivity contribution in [1.82, 2.24) is 9.78 Å². The normalized spacial score (nSPS) is 10.6. The fourth-order valence-electron chi connectivity index (χ4n) is 1.32. The zero-order valence-corrected chi connectivity index (χ0v) is 9.07. The van der Waals surface area contributed by atoms with Gasteiger partial charge in [-0.3, -0.25) is 9.48 Å². The highest BCUT2D eigenvalue weighted by molar-refractivity contribution is 5.96. The molecule has 14 heavy (non-hydrogen) atoms. The lowest BCUT2D eigenvalue weighted by atomic mass is 10.2. The molecule has 4 heteroatoms. The van der Waals surface area contributed by atoms with Crippen molar-refractivity contribution in [2.24, 2.45) is 0 Å². The van der Waals surface area contributed by atoms with Crippen LogP contribution >= 0.6 is 0 Å². The van der Waals surface area contributed by atoms with Crippen LogP contribution < -0.4 is 4.74 Å². The Hall–Kier alpha value is -1.32. The van der Waals surface area contributed by atoms with Crippen molar-refractivity contribution >= 4 is 5.78 Å². The lowest BCUT2D eigenvalue weighted by Gasteiger charge is -2.10. The van der Waals surface area contributed by atoms with E-state index in [4.69, 9.17) is 4.74 Å². The van der Waals surface area contributed by atoms with E-state index in [1.54, 1.807) is 18.0 Å². The first kappa shape index (κ1) is 10.8. The van der Waals surface area contributed by atoms with Crippen molar-refractivity contribution in [2.75, 3.05) is 7.11 Å². The van der Waals surface area contributed by atoms with E-state index in [-0.39, 0.29) is 11.8 Å². The third-order valence-corrected chi connectivity index (χ3v) is 2.06. The van der Waals surface area contributed by atoms with Gasteiger partial charge in [0.25, 0.3) is 0 Å². The molecule has 1 aromatic heterocycles. The molecule has 0 fully saturated rings. The molecule has 1 aromatic rings. The molecule has 0 spiro atoms. The van der Waals surface area contributed by atoms with Crippen LogP contribution in [0.25, 0.3) is 0 Å². The van der Waals surface area contributed by atoms with Crippen molar-refractivity contribution in [3.63, 3.8) is 0 Å². The number of nitrogens with zero attached hydrogens (tertiary/aromatic N) is 2. The molecule has 1 heterocycles. The summed E-state index contributed by atoms with van der Waals surface area (Å²) in [6.07, 6.45) is 2.05. The lowest BCUT2D eigenvalue weighted by Crippen LogP contribution is -2.12. The summed E-state index contributed by atoms with van der Waals surface area (Å²) in [5, 5.41) is 4.13. The molecule has 0 unspecified atom stereocenters. The second-order valence-corrected chi connectivity index (χ2v) is 3.38. The third kappa shape index (κ3) is 1.78. The summed E-state index contributed by atoms with van der Waals surface area (Å²) < 4.78 is 6.79. The predicted octanol–water partition coefficient (Wildman–Crippen LogP) is 2.07. The average Bonchev–Trinajstić information content (AvgIpc) is 2.59. The summed E-state index contributed by atoms with van der Waals surface area (Å²) in [6.45, 7) is 5.80. The van der Waals surface area contributed by atoms with Gasteiger partial charge >= 0.3 is 0 Å². The van der Waals surface area contributed by atoms with Gasteiger partial charge in [0.15, 0.2) is 11.5 Å². The van der Waals surface area contributed by atoms with Crippen molar-refractivity contribution in [2.45, 2.75) is 33.2 Å². The van der Waals surface area contributed by atoms with E-state index >= 15 is 0 Å². The van der Waals surface area contributed by atoms with Crippen LogP contribution in [0, 0.1) is 0 Å². The van der Waals surface area contributed by atoms with Crippen molar-refractivity contribution in [1.29, 1.82) is 0 Å². The molecule has 0 saturated carbocycles. The van der Waals surface area contributed by atoms with Gasteiger partial charge in [-0.25, -0.2) is 0 Å². The van der Waals surface area contributed by atoms with Crippen LogP contribution in [0.5, 0.6) is 5.75 Å². The van der Waals surface area contributed by atoms with Gasteiger partial charge in [-0.2, -0.15) is 5.10 Å². The molecule has 78 valence electrons. The number of aromatic nitrogens is 2. The number of hydrogen-bond acceptors (Lipinski definition) is 3. The second-order valence-electron chi connectivity index (χ2n) is 3.38. The van der Waals surface area contributed by atoms with Gasteiger partial charge in [0.05, 0.1) is 13.3 Å². The minimum absolute atomic E-state index is 0.0630. The summed E-state index contributed by atoms with van der Waals surface area (Å²) in [6, 6.07) is 0.171. The Morgan fingerprint density at radius 2 is 2.29 bits per heavy atom. The zero-order valence-electron chi connectivity index (χ0n) is 9.07. The SMILES string of the molecule is CCC(=O)c1c(OC)cnn1C(C)C. The molecule has 0 aliphatic heterocycles. The molecule has 0 saturated heterocycles. The summed E-state index contributed by atoms with van der Waals surface area (Å²) in [7, 11) is 1.55. The van der Waals surface area contributed by atoms with Crippen molar-refractivity contribution in [3.05, 3.63) is 11.9 Å². The van der Waals surface area contributed by atoms with Crippen LogP contribution in [0.1, 0.15) is 43.7 Å². The van der Waals surface area contributed by atoms with Crippen LogP contribution in [0.4, 0.5) is 0 Å². The van der Waals surface area contributed by atoms with Gasteiger partial charge in [0.1, 0.15) is 5.69 Å². The number of ketones is 1. The molecule has 0 radical (unpaired) electrons. The summed E-state index contributed by atoms with van der Waals surface area (Å²) in [4.78, 5) is 11.6. The summed E-state index contributed by atoms with van der Waals surface area (Å²) in [5.74, 6) is 0.624. The van der Waals surface area contributed by atoms with Crippen LogP contribution in [0.15, 0.2) is 6.20 Å². The van der Waals surface area contributed by atoms with Crippen molar-refractivity contribution < 1.29 is 9.53 Å². The summed E-state index contributed by atoms with van der Waals surface area (Å²) >= 11 is 0. The number of Topliss-reactive ketones (excluding diaryl/α,β-unsaturated/α-hetero) is 1. The first-order valence-corrected chi connectivity index (χ1v) is 4.76. The van der Waals surface area contributed by atoms with Crippen molar-refractivity contribution in [3.8, 4) is 5.75 Å². The van der Waals surface area contributed by atoms with Crippen LogP contribution in [0.3, 0.4) is 0 Å². The molecular formula is C10H16N2O2. The van der Waals surface area contributed by atoms with Gasteiger partial charge in [-0.15, -0.1) is 0 Å². The minimum atomic E-state index is 0.0630. The Balaban J connectivity index is 3.19. The van der Waals surface area contributed by atoms with Gasteiger partial charge in [-0.05, 0) is 13.8 Å². The molecule has 4 nitrogen and oxygen atoms in total. The third-order valence-electron chi connectivity index (χ3n) is 2.06. The van der Waals surface area contributed by atoms with E-state index in [0.717, 1.165) is 0 Å². The maximum atomic E-state index is 11.6. The van der Waals surface area contributed by atoms with Crippen LogP contribution in [-0.4, -0.2) is 22.7 Å². The number of carbonyl (C=O) groups is 1. The predicted molar refractivity (Wildman–Crippen MR) is 53.8 cm³/mol. The van der Waals surface area contributed by atoms with E-state index in [1.165, 1.54) is 0 Å². The monoisotopic (exact) mass is 196 g/mol. The zero-order chi connectivity index (χ0) is 10.7. The van der Waals surface area contributed by atoms with E-state index in [9.17, 15) is 4.79 Å². The minimum Gasteiger partial charge on any atom is -0.493 e. The maximum absolute atomic E-state index is 11.6. The van der Waals surface area contributed by atoms with E-state index in [0.29, 0.717) is 17.9 Å². The highest BCUT2D eigenvalue weighted by atomic mass is 16.5. The van der Waals surface area contributed by atoms with Gasteiger partial charge in [0, 0.05) is 12.5 Å². The molecule has 0 aliphatic carbocycles. The van der Waals surface area contributed by atoms with Crippen LogP contribution in [0.2, 0.25) is 0 Å². The van der Waals surface area contributed by atoms with Gasteiger partial charge < -0.3 is 4.74 Å². The standard InChI is InChI=1S/C10H16N2O2/c1-5-8(13)10-9(14-4)6-11-12(10)7(2)3/h6-7H,5H2,1-4H3. The highest BCUT2D eigenvalue weighted by Gasteiger charge is 2.18. The number of methoxy groups -OCH3 is 1. The molecule has 0 amide bonds. The Bertz CT molecular complexity index is 329.